The van der Waals surface area contributed by atoms with Crippen LogP contribution in [0.5, 0.6) is 0 Å². The fraction of sp³-hybridized carbons (Fsp3) is 0.562. The highest BCUT2D eigenvalue weighted by atomic mass is 35.5. The van der Waals surface area contributed by atoms with Crippen LogP contribution in [-0.4, -0.2) is 90.5 Å². The molecule has 0 radical (unpaired) electrons. The van der Waals surface area contributed by atoms with Crippen molar-refractivity contribution < 1.29 is 42.5 Å². The average molecular weight is 706 g/mol. The van der Waals surface area contributed by atoms with Crippen LogP contribution in [0.1, 0.15) is 63.2 Å². The van der Waals surface area contributed by atoms with E-state index in [1.165, 1.54) is 19.2 Å². The monoisotopic (exact) mass is 705 g/mol. The Morgan fingerprint density at radius 1 is 1.06 bits per heavy atom. The summed E-state index contributed by atoms with van der Waals surface area (Å²) in [6.07, 6.45) is -0.206. The molecule has 3 heterocycles. The Balaban J connectivity index is 1.69. The first-order valence-corrected chi connectivity index (χ1v) is 19.0. The summed E-state index contributed by atoms with van der Waals surface area (Å²) in [5.41, 5.74) is 5.45. The van der Waals surface area contributed by atoms with Gasteiger partial charge in [-0.25, -0.2) is 19.4 Å². The van der Waals surface area contributed by atoms with Crippen molar-refractivity contribution in [3.63, 3.8) is 0 Å². The van der Waals surface area contributed by atoms with E-state index < -0.39 is 50.3 Å². The number of imidazole rings is 1. The van der Waals surface area contributed by atoms with Gasteiger partial charge in [0.15, 0.2) is 26.0 Å². The number of rotatable bonds is 13. The third-order valence-corrected chi connectivity index (χ3v) is 13.3. The molecule has 1 aliphatic heterocycles. The number of carbonyl (C=O) groups is 3. The Labute approximate surface area is 285 Å². The zero-order valence-corrected chi connectivity index (χ0v) is 30.3. The largest absolute Gasteiger partial charge is 0.465 e. The van der Waals surface area contributed by atoms with E-state index in [0.29, 0.717) is 28.7 Å². The van der Waals surface area contributed by atoms with Gasteiger partial charge < -0.3 is 33.8 Å². The molecule has 0 amide bonds. The number of fused-ring (bicyclic) bond motifs is 1. The van der Waals surface area contributed by atoms with E-state index in [2.05, 4.69) is 48.8 Å². The fourth-order valence-electron chi connectivity index (χ4n) is 5.12. The fourth-order valence-corrected chi connectivity index (χ4v) is 6.61. The van der Waals surface area contributed by atoms with Crippen LogP contribution in [0.4, 0.5) is 5.82 Å². The molecule has 3 aromatic rings. The molecule has 4 rings (SSSR count). The van der Waals surface area contributed by atoms with E-state index in [9.17, 15) is 14.4 Å². The molecule has 3 atom stereocenters. The third kappa shape index (κ3) is 7.81. The number of methoxy groups -OCH3 is 1. The van der Waals surface area contributed by atoms with Gasteiger partial charge in [-0.05, 0) is 61.3 Å². The molecule has 2 aromatic heterocycles. The molecule has 16 heteroatoms. The highest BCUT2D eigenvalue weighted by Gasteiger charge is 2.52. The normalized spacial score (nSPS) is 18.6. The number of anilines is 1. The van der Waals surface area contributed by atoms with Crippen molar-refractivity contribution in [1.82, 2.24) is 19.5 Å². The van der Waals surface area contributed by atoms with Crippen molar-refractivity contribution in [2.24, 2.45) is 0 Å². The Hall–Kier alpha value is -3.63. The van der Waals surface area contributed by atoms with Crippen LogP contribution >= 0.6 is 11.6 Å². The Morgan fingerprint density at radius 2 is 1.69 bits per heavy atom. The predicted molar refractivity (Wildman–Crippen MR) is 179 cm³/mol. The first-order chi connectivity index (χ1) is 22.6. The van der Waals surface area contributed by atoms with Crippen LogP contribution in [0.15, 0.2) is 30.6 Å². The molecule has 1 aliphatic rings. The zero-order valence-electron chi connectivity index (χ0n) is 28.6. The topological polar surface area (TPSA) is 176 Å². The number of carbonyl (C=O) groups excluding carboxylic acids is 3. The number of hydrogen-bond acceptors (Lipinski definition) is 13. The molecule has 0 saturated carbocycles. The molecule has 1 aromatic carbocycles. The van der Waals surface area contributed by atoms with Crippen molar-refractivity contribution in [3.05, 3.63) is 47.0 Å². The molecule has 1 fully saturated rings. The number of aromatic nitrogens is 4. The van der Waals surface area contributed by atoms with E-state index in [-0.39, 0.29) is 42.4 Å². The maximum atomic E-state index is 13.6. The number of ether oxygens (including phenoxy) is 5. The van der Waals surface area contributed by atoms with E-state index in [1.54, 1.807) is 36.9 Å². The van der Waals surface area contributed by atoms with Gasteiger partial charge in [0.05, 0.1) is 51.0 Å². The van der Waals surface area contributed by atoms with Gasteiger partial charge in [0.25, 0.3) is 5.60 Å². The van der Waals surface area contributed by atoms with Gasteiger partial charge in [-0.1, -0.05) is 32.9 Å². The summed E-state index contributed by atoms with van der Waals surface area (Å²) in [6, 6.07) is 6.29. The van der Waals surface area contributed by atoms with E-state index in [1.807, 2.05) is 0 Å². The standard InChI is InChI=1S/C32H44ClN5O9Si/c1-9-43-28(40)32(29(41)44-10-2,16-19-11-13-20(14-12-19)27(39)42-6)45-17-21-15-22(47-48(7,8)31(3,4)5)26(46-21)38-18-35-23-24(34)36-30(33)37-25(23)38/h11-14,18,21-22,26H,9-10,15-17H2,1-8H3,(H2,34,36,37)/t21-,22?,26+/m0/s1. The SMILES string of the molecule is CCOC(=O)C(Cc1ccc(C(=O)OC)cc1)(OC[C@@H]1CC(O[Si](C)(C)C(C)(C)C)[C@H](n2cnc3c(N)nc(Cl)nc32)O1)C(=O)OCC. The number of hydrogen-bond donors (Lipinski definition) is 1. The Kier molecular flexibility index (Phi) is 11.5. The molecular weight excluding hydrogens is 662 g/mol. The maximum Gasteiger partial charge on any atom is 0.350 e. The lowest BCUT2D eigenvalue weighted by Gasteiger charge is -2.39. The molecule has 1 saturated heterocycles. The second-order valence-electron chi connectivity index (χ2n) is 12.9. The molecule has 2 N–H and O–H groups in total. The minimum absolute atomic E-state index is 0.00366. The lowest BCUT2D eigenvalue weighted by atomic mass is 9.93. The minimum Gasteiger partial charge on any atom is -0.465 e. The molecule has 0 bridgehead atoms. The quantitative estimate of drug-likeness (QED) is 0.0856. The van der Waals surface area contributed by atoms with Crippen LogP contribution in [0.25, 0.3) is 11.2 Å². The highest BCUT2D eigenvalue weighted by molar-refractivity contribution is 6.74. The second kappa shape index (κ2) is 14.9. The highest BCUT2D eigenvalue weighted by Crippen LogP contribution is 2.42. The summed E-state index contributed by atoms with van der Waals surface area (Å²) in [4.78, 5) is 51.9. The summed E-state index contributed by atoms with van der Waals surface area (Å²) in [7, 11) is -1.07. The molecule has 0 spiro atoms. The Bertz CT molecular complexity index is 1610. The first-order valence-electron chi connectivity index (χ1n) is 15.7. The van der Waals surface area contributed by atoms with Crippen LogP contribution in [-0.2, 0) is 44.1 Å². The lowest BCUT2D eigenvalue weighted by Crippen LogP contribution is -2.54. The summed E-state index contributed by atoms with van der Waals surface area (Å²) in [6.45, 7) is 13.7. The number of nitrogen functional groups attached to an aromatic ring is 1. The number of benzene rings is 1. The van der Waals surface area contributed by atoms with Gasteiger partial charge in [-0.2, -0.15) is 9.97 Å². The number of nitrogens with zero attached hydrogens (tertiary/aromatic N) is 4. The van der Waals surface area contributed by atoms with Gasteiger partial charge in [-0.15, -0.1) is 0 Å². The average Bonchev–Trinajstić information content (AvgIpc) is 3.62. The summed E-state index contributed by atoms with van der Waals surface area (Å²) in [5.74, 6) is -2.22. The Morgan fingerprint density at radius 3 is 2.25 bits per heavy atom. The molecular formula is C32H44ClN5O9Si. The van der Waals surface area contributed by atoms with Gasteiger partial charge in [0, 0.05) is 12.8 Å². The summed E-state index contributed by atoms with van der Waals surface area (Å²) < 4.78 is 36.9. The van der Waals surface area contributed by atoms with Crippen molar-refractivity contribution in [3.8, 4) is 0 Å². The van der Waals surface area contributed by atoms with Crippen LogP contribution in [0.2, 0.25) is 23.4 Å². The van der Waals surface area contributed by atoms with Crippen LogP contribution < -0.4 is 5.73 Å². The maximum absolute atomic E-state index is 13.6. The number of nitrogens with two attached hydrogens (primary N) is 1. The molecule has 14 nitrogen and oxygen atoms in total. The van der Waals surface area contributed by atoms with Gasteiger partial charge in [0.1, 0.15) is 5.52 Å². The molecule has 48 heavy (non-hydrogen) atoms. The molecule has 1 unspecified atom stereocenters. The van der Waals surface area contributed by atoms with E-state index in [0.717, 1.165) is 0 Å². The van der Waals surface area contributed by atoms with E-state index >= 15 is 0 Å². The van der Waals surface area contributed by atoms with Crippen molar-refractivity contribution >= 4 is 54.8 Å². The second-order valence-corrected chi connectivity index (χ2v) is 18.0. The minimum atomic E-state index is -2.35. The molecule has 0 aliphatic carbocycles. The smallest absolute Gasteiger partial charge is 0.350 e. The van der Waals surface area contributed by atoms with E-state index in [4.69, 9.17) is 45.4 Å². The lowest BCUT2D eigenvalue weighted by molar-refractivity contribution is -0.195. The number of esters is 3. The van der Waals surface area contributed by atoms with Gasteiger partial charge in [0.2, 0.25) is 5.28 Å². The first kappa shape index (κ1) is 37.2. The predicted octanol–water partition coefficient (Wildman–Crippen LogP) is 4.65. The molecule has 262 valence electrons. The zero-order chi connectivity index (χ0) is 35.4. The van der Waals surface area contributed by atoms with Crippen LogP contribution in [0.3, 0.4) is 0 Å². The van der Waals surface area contributed by atoms with Crippen molar-refractivity contribution in [2.45, 2.75) is 89.6 Å². The van der Waals surface area contributed by atoms with Gasteiger partial charge in [-0.3, -0.25) is 4.57 Å². The van der Waals surface area contributed by atoms with Crippen molar-refractivity contribution in [1.29, 1.82) is 0 Å². The number of halogens is 1. The summed E-state index contributed by atoms with van der Waals surface area (Å²) in [5, 5.41) is -0.166. The summed E-state index contributed by atoms with van der Waals surface area (Å²) >= 11 is 6.16. The third-order valence-electron chi connectivity index (χ3n) is 8.65. The van der Waals surface area contributed by atoms with Crippen LogP contribution in [0, 0.1) is 0 Å². The van der Waals surface area contributed by atoms with Gasteiger partial charge >= 0.3 is 17.9 Å². The van der Waals surface area contributed by atoms with Crippen molar-refractivity contribution in [2.75, 3.05) is 32.7 Å².